The van der Waals surface area contributed by atoms with Gasteiger partial charge >= 0.3 is 0 Å². The van der Waals surface area contributed by atoms with Crippen molar-refractivity contribution in [1.29, 1.82) is 0 Å². The first-order valence-corrected chi connectivity index (χ1v) is 13.6. The van der Waals surface area contributed by atoms with Crippen LogP contribution in [0.3, 0.4) is 0 Å². The molecule has 1 saturated heterocycles. The van der Waals surface area contributed by atoms with Crippen LogP contribution in [-0.2, 0) is 23.2 Å². The molecule has 37 heavy (non-hydrogen) atoms. The van der Waals surface area contributed by atoms with Gasteiger partial charge in [0, 0.05) is 60.5 Å². The highest BCUT2D eigenvalue weighted by Crippen LogP contribution is 2.45. The predicted octanol–water partition coefficient (Wildman–Crippen LogP) is 4.43. The molecule has 6 heteroatoms. The lowest BCUT2D eigenvalue weighted by atomic mass is 9.67. The van der Waals surface area contributed by atoms with E-state index in [-0.39, 0.29) is 23.3 Å². The molecule has 190 valence electrons. The Labute approximate surface area is 217 Å². The van der Waals surface area contributed by atoms with Gasteiger partial charge in [-0.1, -0.05) is 31.2 Å². The number of amides is 1. The highest BCUT2D eigenvalue weighted by Gasteiger charge is 2.38. The third-order valence-corrected chi connectivity index (χ3v) is 8.91. The molecule has 1 amide bonds. The van der Waals surface area contributed by atoms with Gasteiger partial charge in [0.1, 0.15) is 5.65 Å². The van der Waals surface area contributed by atoms with Crippen molar-refractivity contribution in [3.05, 3.63) is 71.1 Å². The molecule has 3 aromatic rings. The number of nitrogens with one attached hydrogen (secondary N) is 1. The van der Waals surface area contributed by atoms with Crippen LogP contribution in [0.15, 0.2) is 48.8 Å². The zero-order valence-corrected chi connectivity index (χ0v) is 21.6. The van der Waals surface area contributed by atoms with Gasteiger partial charge in [-0.15, -0.1) is 0 Å². The van der Waals surface area contributed by atoms with E-state index in [0.29, 0.717) is 19.5 Å². The van der Waals surface area contributed by atoms with Crippen molar-refractivity contribution in [3.63, 3.8) is 0 Å². The van der Waals surface area contributed by atoms with E-state index in [1.165, 1.54) is 29.5 Å². The maximum Gasteiger partial charge on any atom is 0.229 e. The van der Waals surface area contributed by atoms with E-state index >= 15 is 0 Å². The molecule has 6 nitrogen and oxygen atoms in total. The van der Waals surface area contributed by atoms with Crippen LogP contribution in [0.1, 0.15) is 48.4 Å². The quantitative estimate of drug-likeness (QED) is 0.565. The van der Waals surface area contributed by atoms with Crippen molar-refractivity contribution in [2.45, 2.75) is 50.7 Å². The number of nitrogens with zero attached hydrogens (tertiary/aromatic N) is 3. The van der Waals surface area contributed by atoms with Crippen molar-refractivity contribution in [3.8, 4) is 11.1 Å². The molecule has 2 aromatic heterocycles. The van der Waals surface area contributed by atoms with Crippen LogP contribution < -0.4 is 0 Å². The van der Waals surface area contributed by atoms with Gasteiger partial charge in [0.2, 0.25) is 5.91 Å². The number of fused-ring (bicyclic) bond motifs is 1. The number of pyridine rings is 1. The lowest BCUT2D eigenvalue weighted by Crippen LogP contribution is -2.55. The summed E-state index contributed by atoms with van der Waals surface area (Å²) in [5.74, 6) is -0.0377. The van der Waals surface area contributed by atoms with Crippen LogP contribution in [0, 0.1) is 5.92 Å². The number of likely N-dealkylation sites (N-methyl/N-ethyl adjacent to an activating group) is 1. The Morgan fingerprint density at radius 2 is 2.03 bits per heavy atom. The van der Waals surface area contributed by atoms with E-state index < -0.39 is 0 Å². The van der Waals surface area contributed by atoms with Gasteiger partial charge in [0.25, 0.3) is 0 Å². The van der Waals surface area contributed by atoms with Crippen molar-refractivity contribution in [1.82, 2.24) is 19.8 Å². The van der Waals surface area contributed by atoms with Crippen LogP contribution in [0.2, 0.25) is 0 Å². The minimum atomic E-state index is -0.366. The average molecular weight is 495 g/mol. The Balaban J connectivity index is 1.21. The molecule has 1 aromatic carbocycles. The molecular formula is C31H34N4O2. The fourth-order valence-corrected chi connectivity index (χ4v) is 7.20. The molecule has 7 rings (SSSR count). The molecule has 2 aliphatic carbocycles. The highest BCUT2D eigenvalue weighted by molar-refractivity contribution is 5.96. The molecule has 2 N–H and O–H groups in total. The highest BCUT2D eigenvalue weighted by atomic mass is 16.3. The maximum absolute atomic E-state index is 12.7. The van der Waals surface area contributed by atoms with Crippen LogP contribution in [0.4, 0.5) is 0 Å². The molecule has 1 fully saturated rings. The van der Waals surface area contributed by atoms with Gasteiger partial charge in [-0.2, -0.15) is 0 Å². The first kappa shape index (κ1) is 22.9. The van der Waals surface area contributed by atoms with Crippen LogP contribution >= 0.6 is 0 Å². The number of rotatable bonds is 3. The number of carbonyl (C=O) groups excluding carboxylic acids is 1. The summed E-state index contributed by atoms with van der Waals surface area (Å²) in [5, 5.41) is 10.6. The topological polar surface area (TPSA) is 72.5 Å². The number of H-pyrrole nitrogens is 1. The van der Waals surface area contributed by atoms with E-state index in [9.17, 15) is 9.90 Å². The smallest absolute Gasteiger partial charge is 0.229 e. The zero-order valence-electron chi connectivity index (χ0n) is 21.6. The monoisotopic (exact) mass is 494 g/mol. The molecule has 0 saturated carbocycles. The fourth-order valence-electron chi connectivity index (χ4n) is 7.20. The molecule has 2 aliphatic heterocycles. The standard InChI is InChI=1S/C31H34N4O2/c1-31-9-3-4-21-10-22(11-24(28(21)31)15-34(2)18-31)23-12-26-27(14-33-29(26)32-13-23)19-5-7-20(8-6-19)30(37)35-16-25(36)17-35/h5-7,10-14,20,25,36H,3-4,8-9,15-18H2,1-2H3,(H,32,33). The summed E-state index contributed by atoms with van der Waals surface area (Å²) in [6, 6.07) is 7.08. The zero-order chi connectivity index (χ0) is 25.3. The Bertz CT molecular complexity index is 1480. The molecule has 2 unspecified atom stereocenters. The number of aromatic nitrogens is 2. The number of aliphatic hydroxyl groups excluding tert-OH is 1. The van der Waals surface area contributed by atoms with Crippen molar-refractivity contribution < 1.29 is 9.90 Å². The number of aryl methyl sites for hydroxylation is 1. The number of aromatic amines is 1. The van der Waals surface area contributed by atoms with Crippen LogP contribution in [0.5, 0.6) is 0 Å². The Morgan fingerprint density at radius 1 is 1.19 bits per heavy atom. The molecule has 4 aliphatic rings. The summed E-state index contributed by atoms with van der Waals surface area (Å²) < 4.78 is 0. The summed E-state index contributed by atoms with van der Waals surface area (Å²) in [6.07, 6.45) is 14.3. The van der Waals surface area contributed by atoms with Gasteiger partial charge in [-0.25, -0.2) is 4.98 Å². The van der Waals surface area contributed by atoms with E-state index in [2.05, 4.69) is 54.2 Å². The van der Waals surface area contributed by atoms with Crippen molar-refractivity contribution in [2.75, 3.05) is 26.7 Å². The lowest BCUT2D eigenvalue weighted by molar-refractivity contribution is -0.144. The van der Waals surface area contributed by atoms with E-state index in [1.54, 1.807) is 10.5 Å². The molecule has 0 bridgehead atoms. The predicted molar refractivity (Wildman–Crippen MR) is 146 cm³/mol. The molecule has 0 radical (unpaired) electrons. The number of hydrogen-bond acceptors (Lipinski definition) is 4. The second-order valence-corrected chi connectivity index (χ2v) is 11.8. The van der Waals surface area contributed by atoms with E-state index in [0.717, 1.165) is 47.2 Å². The summed E-state index contributed by atoms with van der Waals surface area (Å²) in [5.41, 5.74) is 10.4. The van der Waals surface area contributed by atoms with Crippen molar-refractivity contribution >= 4 is 22.5 Å². The first-order valence-electron chi connectivity index (χ1n) is 13.6. The summed E-state index contributed by atoms with van der Waals surface area (Å²) in [7, 11) is 2.24. The first-order chi connectivity index (χ1) is 17.9. The van der Waals surface area contributed by atoms with E-state index in [4.69, 9.17) is 4.98 Å². The Hall–Kier alpha value is -3.22. The second-order valence-electron chi connectivity index (χ2n) is 11.8. The largest absolute Gasteiger partial charge is 0.389 e. The van der Waals surface area contributed by atoms with Gasteiger partial charge in [0.05, 0.1) is 12.0 Å². The summed E-state index contributed by atoms with van der Waals surface area (Å²) >= 11 is 0. The number of benzene rings is 1. The second kappa shape index (κ2) is 8.40. The number of aliphatic hydroxyl groups is 1. The van der Waals surface area contributed by atoms with Crippen LogP contribution in [-0.4, -0.2) is 63.6 Å². The Kier molecular flexibility index (Phi) is 5.21. The van der Waals surface area contributed by atoms with Gasteiger partial charge < -0.3 is 19.9 Å². The number of allylic oxidation sites excluding steroid dienone is 3. The van der Waals surface area contributed by atoms with E-state index in [1.807, 2.05) is 18.5 Å². The lowest BCUT2D eigenvalue weighted by Gasteiger charge is -2.45. The third-order valence-electron chi connectivity index (χ3n) is 8.91. The average Bonchev–Trinajstić information content (AvgIpc) is 3.29. The maximum atomic E-state index is 12.7. The molecule has 0 spiro atoms. The number of β-amino-alcohol motifs (C(OH)–C–C–N with tert-alkyl or cyclic N) is 1. The minimum Gasteiger partial charge on any atom is -0.389 e. The number of hydrogen-bond donors (Lipinski definition) is 2. The fraction of sp³-hybridized carbons (Fsp3) is 0.419. The van der Waals surface area contributed by atoms with Gasteiger partial charge in [0.15, 0.2) is 0 Å². The van der Waals surface area contributed by atoms with Crippen LogP contribution in [0.25, 0.3) is 27.7 Å². The van der Waals surface area contributed by atoms with Gasteiger partial charge in [-0.05, 0) is 72.7 Å². The molecule has 4 heterocycles. The summed E-state index contributed by atoms with van der Waals surface area (Å²) in [4.78, 5) is 25.0. The Morgan fingerprint density at radius 3 is 2.81 bits per heavy atom. The third kappa shape index (κ3) is 3.77. The minimum absolute atomic E-state index is 0.109. The normalized spacial score (nSPS) is 25.6. The molecule has 2 atom stereocenters. The number of likely N-dealkylation sites (tertiary alicyclic amines) is 1. The number of carbonyl (C=O) groups is 1. The van der Waals surface area contributed by atoms with Gasteiger partial charge in [-0.3, -0.25) is 4.79 Å². The summed E-state index contributed by atoms with van der Waals surface area (Å²) in [6.45, 7) is 5.50. The van der Waals surface area contributed by atoms with Crippen molar-refractivity contribution in [2.24, 2.45) is 5.92 Å². The molecular weight excluding hydrogens is 460 g/mol. The SMILES string of the molecule is CN1Cc2cc(-c3cnc4[nH]cc(C5=CCC(C(=O)N6CC(O)C6)C=C5)c4c3)cc3c2C(C)(CCC3)C1.